The molecule has 2 aromatic rings. The lowest BCUT2D eigenvalue weighted by Crippen LogP contribution is -2.13. The van der Waals surface area contributed by atoms with Crippen LogP contribution in [-0.2, 0) is 0 Å². The minimum absolute atomic E-state index is 0.429. The summed E-state index contributed by atoms with van der Waals surface area (Å²) in [5.74, 6) is 1.17. The number of nitrogens with two attached hydrogens (primary N) is 1. The normalized spacial score (nSPS) is 10.1. The maximum absolute atomic E-state index is 5.61. The molecule has 0 bridgehead atoms. The lowest BCUT2D eigenvalue weighted by Gasteiger charge is -2.19. The summed E-state index contributed by atoms with van der Waals surface area (Å²) in [5, 5.41) is 0. The smallest absolute Gasteiger partial charge is 0.153 e. The monoisotopic (exact) mass is 214 g/mol. The van der Waals surface area contributed by atoms with E-state index in [1.165, 1.54) is 11.8 Å². The summed E-state index contributed by atoms with van der Waals surface area (Å²) in [6, 6.07) is 8.11. The van der Waals surface area contributed by atoms with Crippen molar-refractivity contribution in [2.75, 3.05) is 17.7 Å². The number of nitrogen functional groups attached to an aromatic ring is 1. The van der Waals surface area contributed by atoms with Crippen LogP contribution in [0, 0.1) is 6.92 Å². The van der Waals surface area contributed by atoms with Gasteiger partial charge in [-0.25, -0.2) is 4.98 Å². The van der Waals surface area contributed by atoms with Gasteiger partial charge in [0.05, 0.1) is 12.4 Å². The van der Waals surface area contributed by atoms with Crippen LogP contribution in [0.25, 0.3) is 0 Å². The minimum Gasteiger partial charge on any atom is -0.382 e. The van der Waals surface area contributed by atoms with Crippen molar-refractivity contribution >= 4 is 17.3 Å². The van der Waals surface area contributed by atoms with Crippen molar-refractivity contribution in [3.05, 3.63) is 42.2 Å². The molecule has 1 aromatic heterocycles. The summed E-state index contributed by atoms with van der Waals surface area (Å²) in [6.07, 6.45) is 3.23. The largest absolute Gasteiger partial charge is 0.382 e. The number of hydrogen-bond acceptors (Lipinski definition) is 4. The zero-order valence-corrected chi connectivity index (χ0v) is 9.38. The predicted octanol–water partition coefficient (Wildman–Crippen LogP) is 2.14. The van der Waals surface area contributed by atoms with Crippen LogP contribution in [0.15, 0.2) is 36.7 Å². The summed E-state index contributed by atoms with van der Waals surface area (Å²) >= 11 is 0. The van der Waals surface area contributed by atoms with E-state index in [2.05, 4.69) is 23.0 Å². The summed E-state index contributed by atoms with van der Waals surface area (Å²) in [6.45, 7) is 2.06. The molecule has 0 aliphatic heterocycles. The van der Waals surface area contributed by atoms with E-state index in [0.717, 1.165) is 11.5 Å². The van der Waals surface area contributed by atoms with Gasteiger partial charge in [0.2, 0.25) is 0 Å². The molecule has 82 valence electrons. The second kappa shape index (κ2) is 4.18. The maximum Gasteiger partial charge on any atom is 0.153 e. The minimum atomic E-state index is 0.429. The highest BCUT2D eigenvalue weighted by Gasteiger charge is 2.07. The molecule has 0 aliphatic rings. The van der Waals surface area contributed by atoms with Gasteiger partial charge < -0.3 is 10.6 Å². The third-order valence-electron chi connectivity index (χ3n) is 2.46. The summed E-state index contributed by atoms with van der Waals surface area (Å²) in [5.41, 5.74) is 7.90. The number of benzene rings is 1. The van der Waals surface area contributed by atoms with Crippen LogP contribution < -0.4 is 10.6 Å². The van der Waals surface area contributed by atoms with E-state index in [9.17, 15) is 0 Å². The molecule has 0 spiro atoms. The molecule has 4 heteroatoms. The fraction of sp³-hybridized carbons (Fsp3) is 0.167. The molecule has 4 nitrogen and oxygen atoms in total. The molecular weight excluding hydrogens is 200 g/mol. The zero-order valence-electron chi connectivity index (χ0n) is 9.38. The highest BCUT2D eigenvalue weighted by Crippen LogP contribution is 2.24. The molecule has 2 N–H and O–H groups in total. The Morgan fingerprint density at radius 3 is 2.62 bits per heavy atom. The van der Waals surface area contributed by atoms with E-state index >= 15 is 0 Å². The molecule has 0 fully saturated rings. The van der Waals surface area contributed by atoms with Crippen molar-refractivity contribution in [3.8, 4) is 0 Å². The van der Waals surface area contributed by atoms with Gasteiger partial charge in [-0.05, 0) is 18.6 Å². The Bertz CT molecular complexity index is 496. The number of para-hydroxylation sites is 1. The molecule has 0 aliphatic carbocycles. The van der Waals surface area contributed by atoms with E-state index in [4.69, 9.17) is 5.73 Å². The van der Waals surface area contributed by atoms with Gasteiger partial charge in [0.1, 0.15) is 5.82 Å². The second-order valence-corrected chi connectivity index (χ2v) is 3.65. The van der Waals surface area contributed by atoms with Crippen LogP contribution in [0.2, 0.25) is 0 Å². The number of nitrogens with zero attached hydrogens (tertiary/aromatic N) is 3. The van der Waals surface area contributed by atoms with E-state index in [-0.39, 0.29) is 0 Å². The highest BCUT2D eigenvalue weighted by atomic mass is 15.2. The van der Waals surface area contributed by atoms with Gasteiger partial charge in [0.25, 0.3) is 0 Å². The SMILES string of the molecule is Cc1ccccc1N(C)c1cncc(N)n1. The van der Waals surface area contributed by atoms with Gasteiger partial charge >= 0.3 is 0 Å². The predicted molar refractivity (Wildman–Crippen MR) is 65.7 cm³/mol. The van der Waals surface area contributed by atoms with Crippen LogP contribution >= 0.6 is 0 Å². The number of hydrogen-bond donors (Lipinski definition) is 1. The third-order valence-corrected chi connectivity index (χ3v) is 2.46. The highest BCUT2D eigenvalue weighted by molar-refractivity contribution is 5.62. The lowest BCUT2D eigenvalue weighted by molar-refractivity contribution is 1.08. The van der Waals surface area contributed by atoms with Crippen LogP contribution in [0.1, 0.15) is 5.56 Å². The summed E-state index contributed by atoms with van der Waals surface area (Å²) < 4.78 is 0. The van der Waals surface area contributed by atoms with Crippen LogP contribution in [0.4, 0.5) is 17.3 Å². The molecule has 0 saturated carbocycles. The first-order valence-corrected chi connectivity index (χ1v) is 5.05. The summed E-state index contributed by atoms with van der Waals surface area (Å²) in [7, 11) is 1.95. The van der Waals surface area contributed by atoms with Crippen LogP contribution in [0.5, 0.6) is 0 Å². The van der Waals surface area contributed by atoms with E-state index < -0.39 is 0 Å². The first kappa shape index (κ1) is 10.4. The molecular formula is C12H14N4. The molecule has 16 heavy (non-hydrogen) atoms. The van der Waals surface area contributed by atoms with E-state index in [0.29, 0.717) is 5.82 Å². The Morgan fingerprint density at radius 2 is 1.94 bits per heavy atom. The fourth-order valence-corrected chi connectivity index (χ4v) is 1.60. The zero-order chi connectivity index (χ0) is 11.5. The van der Waals surface area contributed by atoms with Crippen molar-refractivity contribution in [1.82, 2.24) is 9.97 Å². The quantitative estimate of drug-likeness (QED) is 0.832. The molecule has 0 atom stereocenters. The van der Waals surface area contributed by atoms with Crippen molar-refractivity contribution in [3.63, 3.8) is 0 Å². The van der Waals surface area contributed by atoms with Crippen molar-refractivity contribution in [2.24, 2.45) is 0 Å². The molecule has 0 unspecified atom stereocenters. The average molecular weight is 214 g/mol. The fourth-order valence-electron chi connectivity index (χ4n) is 1.60. The van der Waals surface area contributed by atoms with E-state index in [1.54, 1.807) is 6.20 Å². The number of rotatable bonds is 2. The summed E-state index contributed by atoms with van der Waals surface area (Å²) in [4.78, 5) is 10.2. The Labute approximate surface area is 94.8 Å². The van der Waals surface area contributed by atoms with Crippen molar-refractivity contribution in [2.45, 2.75) is 6.92 Å². The molecule has 0 saturated heterocycles. The first-order chi connectivity index (χ1) is 7.68. The molecule has 1 heterocycles. The standard InChI is InChI=1S/C12H14N4/c1-9-5-3-4-6-10(9)16(2)12-8-14-7-11(13)15-12/h3-8H,1-2H3,(H2,13,15). The lowest BCUT2D eigenvalue weighted by atomic mass is 10.2. The molecule has 0 amide bonds. The maximum atomic E-state index is 5.61. The van der Waals surface area contributed by atoms with Crippen molar-refractivity contribution in [1.29, 1.82) is 0 Å². The van der Waals surface area contributed by atoms with Crippen LogP contribution in [-0.4, -0.2) is 17.0 Å². The average Bonchev–Trinajstić information content (AvgIpc) is 2.29. The van der Waals surface area contributed by atoms with Gasteiger partial charge in [-0.1, -0.05) is 18.2 Å². The second-order valence-electron chi connectivity index (χ2n) is 3.65. The van der Waals surface area contributed by atoms with Crippen molar-refractivity contribution < 1.29 is 0 Å². The van der Waals surface area contributed by atoms with Gasteiger partial charge in [0.15, 0.2) is 5.82 Å². The third kappa shape index (κ3) is 1.95. The Morgan fingerprint density at radius 1 is 1.19 bits per heavy atom. The number of anilines is 3. The van der Waals surface area contributed by atoms with Gasteiger partial charge in [-0.3, -0.25) is 4.98 Å². The Hall–Kier alpha value is -2.10. The Kier molecular flexibility index (Phi) is 2.72. The number of aryl methyl sites for hydroxylation is 1. The first-order valence-electron chi connectivity index (χ1n) is 5.05. The molecule has 1 aromatic carbocycles. The number of aromatic nitrogens is 2. The van der Waals surface area contributed by atoms with Gasteiger partial charge in [-0.2, -0.15) is 0 Å². The topological polar surface area (TPSA) is 55.0 Å². The van der Waals surface area contributed by atoms with Gasteiger partial charge in [-0.15, -0.1) is 0 Å². The Balaban J connectivity index is 2.39. The van der Waals surface area contributed by atoms with Crippen LogP contribution in [0.3, 0.4) is 0 Å². The molecule has 0 radical (unpaired) electrons. The van der Waals surface area contributed by atoms with E-state index in [1.807, 2.05) is 30.1 Å². The van der Waals surface area contributed by atoms with Gasteiger partial charge in [0, 0.05) is 12.7 Å². The molecule has 2 rings (SSSR count).